The van der Waals surface area contributed by atoms with Crippen molar-refractivity contribution in [2.75, 3.05) is 24.8 Å². The summed E-state index contributed by atoms with van der Waals surface area (Å²) in [7, 11) is 3.30. The fourth-order valence-corrected chi connectivity index (χ4v) is 1.84. The molecule has 0 fully saturated rings. The Kier molecular flexibility index (Phi) is 4.55. The van der Waals surface area contributed by atoms with E-state index in [4.69, 9.17) is 4.74 Å². The standard InChI is InChI=1S/C14H16N4O3/c1-15-13-7-6-12(18(19)20)14(17-13)16-9-10-4-3-5-11(8-10)21-2/h3-8H,9H2,1-2H3,(H2,15,16,17). The van der Waals surface area contributed by atoms with E-state index in [1.54, 1.807) is 20.2 Å². The number of nitrogens with one attached hydrogen (secondary N) is 2. The lowest BCUT2D eigenvalue weighted by Crippen LogP contribution is -2.06. The second kappa shape index (κ2) is 6.56. The summed E-state index contributed by atoms with van der Waals surface area (Å²) in [5.74, 6) is 1.53. The van der Waals surface area contributed by atoms with Gasteiger partial charge in [0.2, 0.25) is 5.82 Å². The van der Waals surface area contributed by atoms with Gasteiger partial charge in [-0.25, -0.2) is 4.98 Å². The summed E-state index contributed by atoms with van der Waals surface area (Å²) in [6.07, 6.45) is 0. The lowest BCUT2D eigenvalue weighted by Gasteiger charge is -2.09. The van der Waals surface area contributed by atoms with Crippen LogP contribution in [0.1, 0.15) is 5.56 Å². The van der Waals surface area contributed by atoms with Crippen molar-refractivity contribution < 1.29 is 9.66 Å². The molecule has 1 heterocycles. The molecule has 0 atom stereocenters. The van der Waals surface area contributed by atoms with E-state index in [1.165, 1.54) is 6.07 Å². The minimum Gasteiger partial charge on any atom is -0.497 e. The molecule has 0 aliphatic rings. The van der Waals surface area contributed by atoms with Gasteiger partial charge in [-0.05, 0) is 23.8 Å². The lowest BCUT2D eigenvalue weighted by atomic mass is 10.2. The number of nitro groups is 1. The summed E-state index contributed by atoms with van der Waals surface area (Å²) in [6, 6.07) is 10.5. The van der Waals surface area contributed by atoms with Gasteiger partial charge in [0.15, 0.2) is 0 Å². The molecular formula is C14H16N4O3. The summed E-state index contributed by atoms with van der Waals surface area (Å²) in [6.45, 7) is 0.415. The van der Waals surface area contributed by atoms with Crippen LogP contribution in [0.5, 0.6) is 5.75 Å². The molecule has 0 amide bonds. The molecule has 110 valence electrons. The minimum absolute atomic E-state index is 0.0584. The van der Waals surface area contributed by atoms with Gasteiger partial charge in [0.1, 0.15) is 11.6 Å². The summed E-state index contributed by atoms with van der Waals surface area (Å²) in [5.41, 5.74) is 0.886. The molecule has 0 spiro atoms. The van der Waals surface area contributed by atoms with Crippen LogP contribution in [-0.2, 0) is 6.54 Å². The van der Waals surface area contributed by atoms with Gasteiger partial charge in [0, 0.05) is 19.7 Å². The lowest BCUT2D eigenvalue weighted by molar-refractivity contribution is -0.384. The molecule has 0 saturated carbocycles. The number of ether oxygens (including phenoxy) is 1. The number of aromatic nitrogens is 1. The van der Waals surface area contributed by atoms with Crippen LogP contribution in [0.2, 0.25) is 0 Å². The summed E-state index contributed by atoms with van der Waals surface area (Å²) >= 11 is 0. The fourth-order valence-electron chi connectivity index (χ4n) is 1.84. The molecule has 2 aromatic rings. The predicted octanol–water partition coefficient (Wildman–Crippen LogP) is 2.65. The normalized spacial score (nSPS) is 10.0. The highest BCUT2D eigenvalue weighted by molar-refractivity contribution is 5.60. The number of rotatable bonds is 6. The molecule has 1 aromatic heterocycles. The van der Waals surface area contributed by atoms with E-state index in [9.17, 15) is 10.1 Å². The van der Waals surface area contributed by atoms with Crippen LogP contribution >= 0.6 is 0 Å². The van der Waals surface area contributed by atoms with Crippen molar-refractivity contribution in [2.24, 2.45) is 0 Å². The van der Waals surface area contributed by atoms with Crippen LogP contribution in [0.4, 0.5) is 17.3 Å². The van der Waals surface area contributed by atoms with E-state index in [0.717, 1.165) is 11.3 Å². The van der Waals surface area contributed by atoms with E-state index in [0.29, 0.717) is 12.4 Å². The topological polar surface area (TPSA) is 89.3 Å². The number of hydrogen-bond acceptors (Lipinski definition) is 6. The Labute approximate surface area is 122 Å². The van der Waals surface area contributed by atoms with Crippen molar-refractivity contribution in [2.45, 2.75) is 6.54 Å². The van der Waals surface area contributed by atoms with Crippen molar-refractivity contribution in [3.63, 3.8) is 0 Å². The largest absolute Gasteiger partial charge is 0.497 e. The molecule has 0 radical (unpaired) electrons. The zero-order valence-corrected chi connectivity index (χ0v) is 11.8. The van der Waals surface area contributed by atoms with E-state index >= 15 is 0 Å². The maximum absolute atomic E-state index is 11.0. The van der Waals surface area contributed by atoms with E-state index in [1.807, 2.05) is 24.3 Å². The van der Waals surface area contributed by atoms with Crippen LogP contribution < -0.4 is 15.4 Å². The smallest absolute Gasteiger partial charge is 0.311 e. The highest BCUT2D eigenvalue weighted by Gasteiger charge is 2.15. The Morgan fingerprint density at radius 3 is 2.81 bits per heavy atom. The Hall–Kier alpha value is -2.83. The number of pyridine rings is 1. The van der Waals surface area contributed by atoms with Crippen molar-refractivity contribution in [1.82, 2.24) is 4.98 Å². The first-order chi connectivity index (χ1) is 10.1. The maximum atomic E-state index is 11.0. The molecule has 1 aromatic carbocycles. The van der Waals surface area contributed by atoms with Gasteiger partial charge < -0.3 is 15.4 Å². The van der Waals surface area contributed by atoms with Gasteiger partial charge in [-0.15, -0.1) is 0 Å². The number of nitrogens with zero attached hydrogens (tertiary/aromatic N) is 2. The first-order valence-corrected chi connectivity index (χ1v) is 6.34. The molecule has 0 bridgehead atoms. The highest BCUT2D eigenvalue weighted by atomic mass is 16.6. The van der Waals surface area contributed by atoms with Gasteiger partial charge in [0.05, 0.1) is 12.0 Å². The van der Waals surface area contributed by atoms with E-state index in [2.05, 4.69) is 15.6 Å². The van der Waals surface area contributed by atoms with E-state index in [-0.39, 0.29) is 11.5 Å². The molecule has 0 aliphatic carbocycles. The molecule has 0 saturated heterocycles. The molecule has 2 N–H and O–H groups in total. The monoisotopic (exact) mass is 288 g/mol. The first kappa shape index (κ1) is 14.6. The van der Waals surface area contributed by atoms with E-state index < -0.39 is 4.92 Å². The van der Waals surface area contributed by atoms with Gasteiger partial charge in [-0.3, -0.25) is 10.1 Å². The second-order valence-corrected chi connectivity index (χ2v) is 4.28. The Bertz CT molecular complexity index is 646. The third-order valence-corrected chi connectivity index (χ3v) is 2.92. The van der Waals surface area contributed by atoms with Gasteiger partial charge in [0.25, 0.3) is 0 Å². The SMILES string of the molecule is CNc1ccc([N+](=O)[O-])c(NCc2cccc(OC)c2)n1. The number of methoxy groups -OCH3 is 1. The summed E-state index contributed by atoms with van der Waals surface area (Å²) < 4.78 is 5.14. The fraction of sp³-hybridized carbons (Fsp3) is 0.214. The highest BCUT2D eigenvalue weighted by Crippen LogP contribution is 2.24. The minimum atomic E-state index is -0.458. The molecule has 0 unspecified atom stereocenters. The van der Waals surface area contributed by atoms with Crippen molar-refractivity contribution in [1.29, 1.82) is 0 Å². The molecule has 21 heavy (non-hydrogen) atoms. The van der Waals surface area contributed by atoms with Crippen molar-refractivity contribution >= 4 is 17.3 Å². The third-order valence-electron chi connectivity index (χ3n) is 2.92. The summed E-state index contributed by atoms with van der Waals surface area (Å²) in [4.78, 5) is 14.7. The van der Waals surface area contributed by atoms with Crippen LogP contribution in [0.3, 0.4) is 0 Å². The van der Waals surface area contributed by atoms with Gasteiger partial charge in [-0.2, -0.15) is 0 Å². The van der Waals surface area contributed by atoms with Crippen molar-refractivity contribution in [3.05, 3.63) is 52.1 Å². The Balaban J connectivity index is 2.19. The summed E-state index contributed by atoms with van der Waals surface area (Å²) in [5, 5.41) is 16.9. The third kappa shape index (κ3) is 3.59. The van der Waals surface area contributed by atoms with Crippen LogP contribution in [0, 0.1) is 10.1 Å². The maximum Gasteiger partial charge on any atom is 0.311 e. The molecule has 7 nitrogen and oxygen atoms in total. The van der Waals surface area contributed by atoms with Gasteiger partial charge >= 0.3 is 5.69 Å². The zero-order valence-electron chi connectivity index (χ0n) is 11.8. The predicted molar refractivity (Wildman–Crippen MR) is 80.8 cm³/mol. The molecule has 0 aliphatic heterocycles. The molecule has 7 heteroatoms. The average Bonchev–Trinajstić information content (AvgIpc) is 2.52. The zero-order chi connectivity index (χ0) is 15.2. The molecular weight excluding hydrogens is 272 g/mol. The quantitative estimate of drug-likeness (QED) is 0.627. The number of hydrogen-bond donors (Lipinski definition) is 2. The average molecular weight is 288 g/mol. The van der Waals surface area contributed by atoms with Crippen LogP contribution in [0.15, 0.2) is 36.4 Å². The van der Waals surface area contributed by atoms with Gasteiger partial charge in [-0.1, -0.05) is 12.1 Å². The van der Waals surface area contributed by atoms with Crippen LogP contribution in [-0.4, -0.2) is 24.1 Å². The number of anilines is 2. The van der Waals surface area contributed by atoms with Crippen LogP contribution in [0.25, 0.3) is 0 Å². The molecule has 2 rings (SSSR count). The second-order valence-electron chi connectivity index (χ2n) is 4.28. The van der Waals surface area contributed by atoms with Crippen molar-refractivity contribution in [3.8, 4) is 5.75 Å². The number of benzene rings is 1. The Morgan fingerprint density at radius 2 is 2.14 bits per heavy atom. The first-order valence-electron chi connectivity index (χ1n) is 6.34. The Morgan fingerprint density at radius 1 is 1.33 bits per heavy atom.